The van der Waals surface area contributed by atoms with Crippen LogP contribution >= 0.6 is 23.2 Å². The third kappa shape index (κ3) is 7.43. The number of nitrogens with one attached hydrogen (secondary N) is 1. The minimum atomic E-state index is -3.67. The zero-order valence-electron chi connectivity index (χ0n) is 22.6. The van der Waals surface area contributed by atoms with E-state index in [4.69, 9.17) is 38.8 Å². The van der Waals surface area contributed by atoms with Crippen LogP contribution in [-0.2, 0) is 21.1 Å². The van der Waals surface area contributed by atoms with Crippen molar-refractivity contribution in [2.45, 2.75) is 17.4 Å². The molecule has 2 aromatic heterocycles. The number of hydrogen-bond acceptors (Lipinski definition) is 9. The van der Waals surface area contributed by atoms with E-state index >= 15 is 0 Å². The lowest BCUT2D eigenvalue weighted by molar-refractivity contribution is -0.138. The molecule has 2 heterocycles. The number of pyridine rings is 2. The largest absolute Gasteiger partial charge is 0.480 e. The Bertz CT molecular complexity index is 1680. The van der Waals surface area contributed by atoms with Gasteiger partial charge in [0.15, 0.2) is 9.84 Å². The van der Waals surface area contributed by atoms with Gasteiger partial charge in [0, 0.05) is 46.9 Å². The summed E-state index contributed by atoms with van der Waals surface area (Å²) in [5.41, 5.74) is 8.88. The number of fused-ring (bicyclic) bond motifs is 1. The highest BCUT2D eigenvalue weighted by molar-refractivity contribution is 7.90. The summed E-state index contributed by atoms with van der Waals surface area (Å²) in [4.78, 5) is 21.9. The van der Waals surface area contributed by atoms with E-state index in [1.807, 2.05) is 25.1 Å². The van der Waals surface area contributed by atoms with E-state index in [0.717, 1.165) is 12.8 Å². The van der Waals surface area contributed by atoms with Crippen LogP contribution in [0.3, 0.4) is 0 Å². The second-order valence-corrected chi connectivity index (χ2v) is 12.5. The number of hydrogen-bond donors (Lipinski definition) is 3. The monoisotopic (exact) mass is 617 g/mol. The Balaban J connectivity index is 1.74. The van der Waals surface area contributed by atoms with Crippen LogP contribution in [0.15, 0.2) is 59.8 Å². The number of anilines is 2. The van der Waals surface area contributed by atoms with Crippen LogP contribution in [0.25, 0.3) is 22.0 Å². The van der Waals surface area contributed by atoms with Crippen molar-refractivity contribution in [3.8, 4) is 17.0 Å². The molecule has 41 heavy (non-hydrogen) atoms. The summed E-state index contributed by atoms with van der Waals surface area (Å²) in [5, 5.41) is 13.4. The van der Waals surface area contributed by atoms with Crippen molar-refractivity contribution in [3.63, 3.8) is 0 Å². The number of aliphatic carboxylic acids is 1. The van der Waals surface area contributed by atoms with Crippen molar-refractivity contribution in [2.24, 2.45) is 5.73 Å². The van der Waals surface area contributed by atoms with Gasteiger partial charge in [-0.2, -0.15) is 0 Å². The Morgan fingerprint density at radius 3 is 2.37 bits per heavy atom. The number of aromatic nitrogens is 2. The molecular weight excluding hydrogens is 589 g/mol. The minimum Gasteiger partial charge on any atom is -0.480 e. The molecular formula is C28H29Cl2N5O5S. The summed E-state index contributed by atoms with van der Waals surface area (Å²) in [6.07, 6.45) is 3.96. The lowest BCUT2D eigenvalue weighted by Gasteiger charge is -2.16. The fraction of sp³-hybridized carbons (Fsp3) is 0.250. The molecule has 4 rings (SSSR count). The van der Waals surface area contributed by atoms with Gasteiger partial charge < -0.3 is 25.8 Å². The normalized spacial score (nSPS) is 12.5. The summed E-state index contributed by atoms with van der Waals surface area (Å²) in [7, 11) is 0.232. The van der Waals surface area contributed by atoms with Crippen LogP contribution in [0.1, 0.15) is 5.56 Å². The molecule has 0 bridgehead atoms. The highest BCUT2D eigenvalue weighted by Gasteiger charge is 2.20. The molecule has 216 valence electrons. The highest BCUT2D eigenvalue weighted by Crippen LogP contribution is 2.37. The van der Waals surface area contributed by atoms with Crippen molar-refractivity contribution in [1.29, 1.82) is 0 Å². The van der Waals surface area contributed by atoms with Gasteiger partial charge in [0.25, 0.3) is 0 Å². The second-order valence-electron chi connectivity index (χ2n) is 9.73. The van der Waals surface area contributed by atoms with Gasteiger partial charge >= 0.3 is 5.97 Å². The Morgan fingerprint density at radius 2 is 1.78 bits per heavy atom. The smallest absolute Gasteiger partial charge is 0.320 e. The number of carbonyl (C=O) groups is 1. The van der Waals surface area contributed by atoms with E-state index in [1.165, 1.54) is 6.20 Å². The average Bonchev–Trinajstić information content (AvgIpc) is 2.90. The van der Waals surface area contributed by atoms with Gasteiger partial charge in [0.05, 0.1) is 23.1 Å². The molecule has 1 atom stereocenters. The summed E-state index contributed by atoms with van der Waals surface area (Å²) < 4.78 is 31.1. The number of sulfone groups is 1. The fourth-order valence-electron chi connectivity index (χ4n) is 4.05. The maximum Gasteiger partial charge on any atom is 0.320 e. The van der Waals surface area contributed by atoms with E-state index in [0.29, 0.717) is 51.5 Å². The van der Waals surface area contributed by atoms with E-state index < -0.39 is 21.8 Å². The first-order chi connectivity index (χ1) is 19.3. The van der Waals surface area contributed by atoms with Crippen LogP contribution in [0.4, 0.5) is 11.4 Å². The van der Waals surface area contributed by atoms with Crippen molar-refractivity contribution >= 4 is 61.3 Å². The van der Waals surface area contributed by atoms with Crippen LogP contribution in [0.5, 0.6) is 5.88 Å². The molecule has 13 heteroatoms. The van der Waals surface area contributed by atoms with Crippen molar-refractivity contribution in [1.82, 2.24) is 14.9 Å². The molecule has 0 aliphatic heterocycles. The Morgan fingerprint density at radius 1 is 1.07 bits per heavy atom. The van der Waals surface area contributed by atoms with Gasteiger partial charge in [-0.25, -0.2) is 13.4 Å². The molecule has 10 nitrogen and oxygen atoms in total. The molecule has 4 N–H and O–H groups in total. The number of halogens is 2. The molecule has 0 saturated heterocycles. The van der Waals surface area contributed by atoms with Gasteiger partial charge in [0.1, 0.15) is 17.5 Å². The molecule has 4 aromatic rings. The van der Waals surface area contributed by atoms with E-state index in [-0.39, 0.29) is 21.4 Å². The van der Waals surface area contributed by atoms with Crippen LogP contribution < -0.4 is 15.8 Å². The molecule has 0 spiro atoms. The molecule has 0 saturated carbocycles. The quantitative estimate of drug-likeness (QED) is 0.217. The lowest BCUT2D eigenvalue weighted by Crippen LogP contribution is -2.32. The molecule has 0 amide bonds. The van der Waals surface area contributed by atoms with Gasteiger partial charge in [-0.1, -0.05) is 29.3 Å². The summed E-state index contributed by atoms with van der Waals surface area (Å²) >= 11 is 13.0. The third-order valence-electron chi connectivity index (χ3n) is 6.24. The summed E-state index contributed by atoms with van der Waals surface area (Å²) in [5.74, 6) is -0.712. The topological polar surface area (TPSA) is 148 Å². The van der Waals surface area contributed by atoms with Crippen LogP contribution in [-0.4, -0.2) is 73.9 Å². The maximum atomic E-state index is 12.7. The van der Waals surface area contributed by atoms with Crippen molar-refractivity contribution in [2.75, 3.05) is 38.8 Å². The first kappa shape index (κ1) is 30.5. The van der Waals surface area contributed by atoms with E-state index in [9.17, 15) is 13.2 Å². The summed E-state index contributed by atoms with van der Waals surface area (Å²) in [6, 6.07) is 11.0. The van der Waals surface area contributed by atoms with Crippen molar-refractivity contribution in [3.05, 3.63) is 70.5 Å². The molecule has 0 aliphatic rings. The molecule has 0 radical (unpaired) electrons. The van der Waals surface area contributed by atoms with E-state index in [1.54, 1.807) is 42.6 Å². The zero-order valence-corrected chi connectivity index (χ0v) is 24.9. The number of rotatable bonds is 11. The predicted octanol–water partition coefficient (Wildman–Crippen LogP) is 4.65. The molecule has 0 fully saturated rings. The van der Waals surface area contributed by atoms with Crippen molar-refractivity contribution < 1.29 is 23.1 Å². The second kappa shape index (κ2) is 12.6. The first-order valence-electron chi connectivity index (χ1n) is 12.4. The molecule has 0 unspecified atom stereocenters. The Kier molecular flexibility index (Phi) is 9.35. The van der Waals surface area contributed by atoms with Gasteiger partial charge in [-0.05, 0) is 61.1 Å². The van der Waals surface area contributed by atoms with Crippen LogP contribution in [0.2, 0.25) is 10.0 Å². The van der Waals surface area contributed by atoms with E-state index in [2.05, 4.69) is 15.3 Å². The maximum absolute atomic E-state index is 12.7. The van der Waals surface area contributed by atoms with Gasteiger partial charge in [0.2, 0.25) is 5.88 Å². The SMILES string of the molecule is CN(C)CCOc1ccc(Nc2c(S(C)(=O)=O)cnc3ccc(-c4cc(Cl)c(C[C@H](N)C(=O)O)c(Cl)c4)cc23)cn1. The predicted molar refractivity (Wildman–Crippen MR) is 161 cm³/mol. The number of nitrogens with zero attached hydrogens (tertiary/aromatic N) is 3. The lowest BCUT2D eigenvalue weighted by atomic mass is 9.99. The Hall–Kier alpha value is -3.48. The minimum absolute atomic E-state index is 0.0162. The third-order valence-corrected chi connectivity index (χ3v) is 8.03. The standard InChI is InChI=1S/C28H29Cl2N5O5S/c1-35(2)8-9-40-26-7-5-18(14-33-26)34-27-20-10-16(4-6-24(20)32-15-25(27)41(3,38)39)17-11-21(29)19(22(30)12-17)13-23(31)28(36)37/h4-7,10-12,14-15,23H,8-9,13,31H2,1-3H3,(H,32,34)(H,36,37)/t23-/m0/s1. The molecule has 2 aromatic carbocycles. The van der Waals surface area contributed by atoms with Gasteiger partial charge in [-0.3, -0.25) is 9.78 Å². The highest BCUT2D eigenvalue weighted by atomic mass is 35.5. The number of likely N-dealkylation sites (N-methyl/N-ethyl adjacent to an activating group) is 1. The fourth-order valence-corrected chi connectivity index (χ4v) is 5.47. The summed E-state index contributed by atoms with van der Waals surface area (Å²) in [6.45, 7) is 1.21. The number of benzene rings is 2. The number of carboxylic acid groups (broad SMARTS) is 1. The van der Waals surface area contributed by atoms with Crippen LogP contribution in [0, 0.1) is 0 Å². The Labute approximate surface area is 248 Å². The number of ether oxygens (including phenoxy) is 1. The zero-order chi connectivity index (χ0) is 29.9. The first-order valence-corrected chi connectivity index (χ1v) is 15.1. The van der Waals surface area contributed by atoms with Gasteiger partial charge in [-0.15, -0.1) is 0 Å². The number of nitrogens with two attached hydrogens (primary N) is 1. The molecule has 0 aliphatic carbocycles. The average molecular weight is 619 g/mol. The number of carboxylic acids is 1.